The second-order valence-corrected chi connectivity index (χ2v) is 8.08. The molecule has 28 heavy (non-hydrogen) atoms. The molecule has 0 atom stereocenters. The van der Waals surface area contributed by atoms with Crippen molar-refractivity contribution in [1.82, 2.24) is 4.90 Å². The summed E-state index contributed by atoms with van der Waals surface area (Å²) < 4.78 is 11.7. The van der Waals surface area contributed by atoms with Crippen LogP contribution in [-0.4, -0.2) is 29.8 Å². The second kappa shape index (κ2) is 9.03. The molecular formula is C20H17BrClNO4S. The van der Waals surface area contributed by atoms with Crippen LogP contribution >= 0.6 is 39.3 Å². The van der Waals surface area contributed by atoms with Gasteiger partial charge in [0.05, 0.1) is 29.6 Å². The number of amides is 2. The van der Waals surface area contributed by atoms with E-state index in [1.807, 2.05) is 19.1 Å². The van der Waals surface area contributed by atoms with Crippen LogP contribution < -0.4 is 9.47 Å². The number of carbonyl (C=O) groups is 2. The minimum Gasteiger partial charge on any atom is -0.493 e. The van der Waals surface area contributed by atoms with Crippen LogP contribution in [0.3, 0.4) is 0 Å². The topological polar surface area (TPSA) is 55.8 Å². The first-order valence-corrected chi connectivity index (χ1v) is 10.4. The van der Waals surface area contributed by atoms with E-state index in [-0.39, 0.29) is 17.7 Å². The largest absolute Gasteiger partial charge is 0.493 e. The Balaban J connectivity index is 1.87. The van der Waals surface area contributed by atoms with Gasteiger partial charge in [-0.15, -0.1) is 0 Å². The van der Waals surface area contributed by atoms with Crippen LogP contribution in [0.15, 0.2) is 45.8 Å². The summed E-state index contributed by atoms with van der Waals surface area (Å²) in [7, 11) is 1.55. The van der Waals surface area contributed by atoms with Gasteiger partial charge in [0.2, 0.25) is 0 Å². The lowest BCUT2D eigenvalue weighted by atomic mass is 10.1. The van der Waals surface area contributed by atoms with Crippen molar-refractivity contribution in [3.8, 4) is 11.5 Å². The quantitative estimate of drug-likeness (QED) is 0.491. The summed E-state index contributed by atoms with van der Waals surface area (Å²) in [5.74, 6) is 0.783. The second-order valence-electron chi connectivity index (χ2n) is 5.83. The fourth-order valence-electron chi connectivity index (χ4n) is 2.69. The minimum atomic E-state index is -0.348. The Labute approximate surface area is 180 Å². The molecule has 0 aliphatic carbocycles. The number of halogens is 2. The van der Waals surface area contributed by atoms with Gasteiger partial charge in [-0.05, 0) is 70.0 Å². The summed E-state index contributed by atoms with van der Waals surface area (Å²) in [5, 5.41) is 0.193. The normalized spacial score (nSPS) is 15.4. The zero-order valence-corrected chi connectivity index (χ0v) is 18.4. The zero-order chi connectivity index (χ0) is 20.3. The average Bonchev–Trinajstić information content (AvgIpc) is 2.92. The van der Waals surface area contributed by atoms with Crippen LogP contribution in [0, 0.1) is 0 Å². The van der Waals surface area contributed by atoms with Crippen molar-refractivity contribution in [1.29, 1.82) is 0 Å². The maximum Gasteiger partial charge on any atom is 0.293 e. The molecule has 5 nitrogen and oxygen atoms in total. The molecule has 1 heterocycles. The Morgan fingerprint density at radius 2 is 2.00 bits per heavy atom. The summed E-state index contributed by atoms with van der Waals surface area (Å²) in [5.41, 5.74) is 1.44. The summed E-state index contributed by atoms with van der Waals surface area (Å²) in [4.78, 5) is 26.6. The summed E-state index contributed by atoms with van der Waals surface area (Å²) in [6.45, 7) is 2.52. The summed E-state index contributed by atoms with van der Waals surface area (Å²) in [6, 6.07) is 10.7. The first kappa shape index (κ1) is 20.8. The molecule has 1 aliphatic heterocycles. The lowest BCUT2D eigenvalue weighted by Gasteiger charge is -2.13. The van der Waals surface area contributed by atoms with E-state index in [0.717, 1.165) is 22.9 Å². The predicted molar refractivity (Wildman–Crippen MR) is 115 cm³/mol. The third-order valence-corrected chi connectivity index (χ3v) is 5.86. The molecule has 2 aromatic carbocycles. The Morgan fingerprint density at radius 1 is 1.25 bits per heavy atom. The molecule has 8 heteroatoms. The fraction of sp³-hybridized carbons (Fsp3) is 0.200. The van der Waals surface area contributed by atoms with Crippen LogP contribution in [0.25, 0.3) is 6.08 Å². The lowest BCUT2D eigenvalue weighted by Crippen LogP contribution is -2.27. The number of imide groups is 1. The molecule has 0 unspecified atom stereocenters. The number of benzene rings is 2. The molecule has 0 radical (unpaired) electrons. The molecule has 2 amide bonds. The van der Waals surface area contributed by atoms with Gasteiger partial charge in [-0.3, -0.25) is 14.5 Å². The number of carbonyl (C=O) groups excluding carboxylic acids is 2. The van der Waals surface area contributed by atoms with Crippen molar-refractivity contribution in [2.75, 3.05) is 13.7 Å². The van der Waals surface area contributed by atoms with Crippen molar-refractivity contribution in [3.05, 3.63) is 61.9 Å². The number of hydrogen-bond donors (Lipinski definition) is 0. The van der Waals surface area contributed by atoms with Crippen molar-refractivity contribution in [2.45, 2.75) is 13.5 Å². The molecule has 146 valence electrons. The number of methoxy groups -OCH3 is 1. The van der Waals surface area contributed by atoms with Gasteiger partial charge in [0.1, 0.15) is 0 Å². The van der Waals surface area contributed by atoms with Crippen molar-refractivity contribution in [3.63, 3.8) is 0 Å². The van der Waals surface area contributed by atoms with E-state index in [0.29, 0.717) is 32.5 Å². The molecule has 0 saturated carbocycles. The van der Waals surface area contributed by atoms with E-state index < -0.39 is 0 Å². The van der Waals surface area contributed by atoms with Gasteiger partial charge in [-0.1, -0.05) is 29.8 Å². The van der Waals surface area contributed by atoms with Crippen LogP contribution in [-0.2, 0) is 11.3 Å². The third-order valence-electron chi connectivity index (χ3n) is 4.00. The number of thioether (sulfide) groups is 1. The fourth-order valence-corrected chi connectivity index (χ4v) is 4.30. The molecule has 1 aliphatic rings. The molecule has 3 rings (SSSR count). The van der Waals surface area contributed by atoms with Gasteiger partial charge in [0.15, 0.2) is 11.5 Å². The highest BCUT2D eigenvalue weighted by atomic mass is 79.9. The van der Waals surface area contributed by atoms with Crippen LogP contribution in [0.1, 0.15) is 18.1 Å². The molecular weight excluding hydrogens is 466 g/mol. The smallest absolute Gasteiger partial charge is 0.293 e. The molecule has 1 saturated heterocycles. The van der Waals surface area contributed by atoms with Crippen LogP contribution in [0.2, 0.25) is 5.02 Å². The number of ether oxygens (including phenoxy) is 2. The first-order chi connectivity index (χ1) is 13.4. The first-order valence-electron chi connectivity index (χ1n) is 8.43. The lowest BCUT2D eigenvalue weighted by molar-refractivity contribution is -0.123. The van der Waals surface area contributed by atoms with Gasteiger partial charge in [-0.25, -0.2) is 0 Å². The van der Waals surface area contributed by atoms with Crippen molar-refractivity contribution >= 4 is 56.5 Å². The highest BCUT2D eigenvalue weighted by molar-refractivity contribution is 9.10. The van der Waals surface area contributed by atoms with E-state index in [4.69, 9.17) is 21.1 Å². The Bertz CT molecular complexity index is 963. The molecule has 0 spiro atoms. The Hall–Kier alpha value is -1.96. The van der Waals surface area contributed by atoms with Gasteiger partial charge >= 0.3 is 0 Å². The van der Waals surface area contributed by atoms with Crippen molar-refractivity contribution in [2.24, 2.45) is 0 Å². The zero-order valence-electron chi connectivity index (χ0n) is 15.2. The van der Waals surface area contributed by atoms with E-state index in [1.165, 1.54) is 4.90 Å². The highest BCUT2D eigenvalue weighted by Crippen LogP contribution is 2.39. The van der Waals surface area contributed by atoms with Crippen LogP contribution in [0.4, 0.5) is 4.79 Å². The Morgan fingerprint density at radius 3 is 2.68 bits per heavy atom. The minimum absolute atomic E-state index is 0.137. The van der Waals surface area contributed by atoms with Gasteiger partial charge < -0.3 is 9.47 Å². The summed E-state index contributed by atoms with van der Waals surface area (Å²) >= 11 is 10.5. The number of hydrogen-bond acceptors (Lipinski definition) is 5. The van der Waals surface area contributed by atoms with Gasteiger partial charge in [0.25, 0.3) is 11.1 Å². The number of nitrogens with zero attached hydrogens (tertiary/aromatic N) is 1. The highest BCUT2D eigenvalue weighted by Gasteiger charge is 2.35. The third kappa shape index (κ3) is 4.37. The molecule has 0 bridgehead atoms. The monoisotopic (exact) mass is 481 g/mol. The van der Waals surface area contributed by atoms with Crippen molar-refractivity contribution < 1.29 is 19.1 Å². The molecule has 2 aromatic rings. The van der Waals surface area contributed by atoms with Gasteiger partial charge in [0, 0.05) is 5.02 Å². The predicted octanol–water partition coefficient (Wildman–Crippen LogP) is 5.75. The maximum absolute atomic E-state index is 12.8. The summed E-state index contributed by atoms with van der Waals surface area (Å²) in [6.07, 6.45) is 1.67. The number of rotatable bonds is 6. The van der Waals surface area contributed by atoms with Crippen LogP contribution in [0.5, 0.6) is 11.5 Å². The Kier molecular flexibility index (Phi) is 6.69. The SMILES string of the molecule is CCOc1c(Br)cc(/C=C2\SC(=O)N(Cc3ccccc3Cl)C2=O)cc1OC. The average molecular weight is 483 g/mol. The molecule has 0 N–H and O–H groups in total. The van der Waals surface area contributed by atoms with E-state index in [2.05, 4.69) is 15.9 Å². The standard InChI is InChI=1S/C20H17BrClNO4S/c1-3-27-18-14(21)8-12(9-16(18)26-2)10-17-19(24)23(20(25)28-17)11-13-6-4-5-7-15(13)22/h4-10H,3,11H2,1-2H3/b17-10-. The van der Waals surface area contributed by atoms with E-state index in [1.54, 1.807) is 37.5 Å². The molecule has 1 fully saturated rings. The maximum atomic E-state index is 12.8. The van der Waals surface area contributed by atoms with E-state index >= 15 is 0 Å². The molecule has 0 aromatic heterocycles. The van der Waals surface area contributed by atoms with E-state index in [9.17, 15) is 9.59 Å². The van der Waals surface area contributed by atoms with Gasteiger partial charge in [-0.2, -0.15) is 0 Å².